The molecule has 3 aromatic carbocycles. The fourth-order valence-electron chi connectivity index (χ4n) is 5.82. The highest BCUT2D eigenvalue weighted by molar-refractivity contribution is 6.39. The molecule has 2 aliphatic rings. The Balaban J connectivity index is 1.74. The number of H-pyrrole nitrogens is 1. The number of rotatable bonds is 2. The number of ether oxygens (including phenoxy) is 1. The second-order valence-corrected chi connectivity index (χ2v) is 9.18. The van der Waals surface area contributed by atoms with Crippen LogP contribution in [0.2, 0.25) is 0 Å². The van der Waals surface area contributed by atoms with E-state index in [9.17, 15) is 23.5 Å². The Morgan fingerprint density at radius 2 is 1.69 bits per heavy atom. The van der Waals surface area contributed by atoms with Crippen LogP contribution in [0.5, 0.6) is 0 Å². The van der Waals surface area contributed by atoms with Crippen LogP contribution in [0.3, 0.4) is 0 Å². The van der Waals surface area contributed by atoms with Crippen molar-refractivity contribution in [2.45, 2.75) is 31.6 Å². The standard InChI is InChI=1S/C26H19F2N3O4/c27-11-4-6-16-14(8-11)19-21-22(26(34)30-25(21)33)20-15-9-12(28)5-7-17(15)31(24(20)23(19)29-16)18-3-1-2-13(10-32)35-18/h4-9,13,18,29,32H,1-3,10H2,(H,30,33,34). The van der Waals surface area contributed by atoms with E-state index in [1.54, 1.807) is 12.1 Å². The molecule has 2 unspecified atom stereocenters. The maximum Gasteiger partial charge on any atom is 0.259 e. The minimum absolute atomic E-state index is 0.129. The van der Waals surface area contributed by atoms with Crippen LogP contribution in [0.15, 0.2) is 36.4 Å². The van der Waals surface area contributed by atoms with Gasteiger partial charge in [-0.1, -0.05) is 0 Å². The summed E-state index contributed by atoms with van der Waals surface area (Å²) in [7, 11) is 0. The molecule has 2 atom stereocenters. The van der Waals surface area contributed by atoms with Gasteiger partial charge < -0.3 is 19.4 Å². The van der Waals surface area contributed by atoms with Gasteiger partial charge in [-0.05, 0) is 55.7 Å². The summed E-state index contributed by atoms with van der Waals surface area (Å²) >= 11 is 0. The third kappa shape index (κ3) is 2.70. The molecule has 7 rings (SSSR count). The van der Waals surface area contributed by atoms with Crippen LogP contribution in [0.25, 0.3) is 43.6 Å². The Hall–Kier alpha value is -3.82. The molecule has 2 aromatic heterocycles. The Morgan fingerprint density at radius 1 is 0.971 bits per heavy atom. The molecule has 0 saturated carbocycles. The van der Waals surface area contributed by atoms with Crippen molar-refractivity contribution in [3.05, 3.63) is 59.2 Å². The Morgan fingerprint density at radius 3 is 2.46 bits per heavy atom. The van der Waals surface area contributed by atoms with Gasteiger partial charge in [-0.15, -0.1) is 0 Å². The summed E-state index contributed by atoms with van der Waals surface area (Å²) < 4.78 is 36.9. The number of nitrogens with zero attached hydrogens (tertiary/aromatic N) is 1. The zero-order valence-corrected chi connectivity index (χ0v) is 18.3. The van der Waals surface area contributed by atoms with E-state index in [1.165, 1.54) is 24.3 Å². The van der Waals surface area contributed by atoms with Gasteiger partial charge in [-0.3, -0.25) is 14.9 Å². The van der Waals surface area contributed by atoms with E-state index in [-0.39, 0.29) is 23.8 Å². The van der Waals surface area contributed by atoms with Gasteiger partial charge in [0.25, 0.3) is 11.8 Å². The minimum Gasteiger partial charge on any atom is -0.394 e. The summed E-state index contributed by atoms with van der Waals surface area (Å²) in [6, 6.07) is 8.57. The molecule has 3 N–H and O–H groups in total. The fraction of sp³-hybridized carbons (Fsp3) is 0.231. The van der Waals surface area contributed by atoms with Gasteiger partial charge in [0.2, 0.25) is 0 Å². The van der Waals surface area contributed by atoms with Crippen LogP contribution < -0.4 is 5.32 Å². The largest absolute Gasteiger partial charge is 0.394 e. The third-order valence-corrected chi connectivity index (χ3v) is 7.21. The van der Waals surface area contributed by atoms with Crippen LogP contribution in [-0.4, -0.2) is 39.2 Å². The van der Waals surface area contributed by atoms with Crippen molar-refractivity contribution in [3.8, 4) is 0 Å². The van der Waals surface area contributed by atoms with Gasteiger partial charge in [0.15, 0.2) is 0 Å². The highest BCUT2D eigenvalue weighted by Crippen LogP contribution is 2.46. The molecule has 2 aliphatic heterocycles. The number of aromatic amines is 1. The maximum absolute atomic E-state index is 14.5. The van der Waals surface area contributed by atoms with Crippen molar-refractivity contribution in [2.75, 3.05) is 6.61 Å². The average molecular weight is 475 g/mol. The number of hydrogen-bond acceptors (Lipinski definition) is 4. The molecule has 9 heteroatoms. The SMILES string of the molecule is O=C1NC(=O)c2c1c1c3cc(F)ccc3[nH]c1c1c2c2cc(F)ccc2n1C1CCCC(CO)O1. The van der Waals surface area contributed by atoms with E-state index >= 15 is 0 Å². The third-order valence-electron chi connectivity index (χ3n) is 7.21. The van der Waals surface area contributed by atoms with Crippen molar-refractivity contribution in [3.63, 3.8) is 0 Å². The summed E-state index contributed by atoms with van der Waals surface area (Å²) in [5, 5.41) is 13.9. The van der Waals surface area contributed by atoms with Crippen LogP contribution >= 0.6 is 0 Å². The van der Waals surface area contributed by atoms with Crippen LogP contribution in [0.4, 0.5) is 8.78 Å². The number of hydrogen-bond donors (Lipinski definition) is 3. The number of aliphatic hydroxyl groups excluding tert-OH is 1. The van der Waals surface area contributed by atoms with E-state index < -0.39 is 29.7 Å². The lowest BCUT2D eigenvalue weighted by molar-refractivity contribution is -0.103. The van der Waals surface area contributed by atoms with Gasteiger partial charge >= 0.3 is 0 Å². The van der Waals surface area contributed by atoms with Crippen LogP contribution in [-0.2, 0) is 4.74 Å². The van der Waals surface area contributed by atoms with Crippen LogP contribution in [0.1, 0.15) is 46.2 Å². The molecule has 1 saturated heterocycles. The molecule has 4 heterocycles. The number of imide groups is 1. The molecule has 1 fully saturated rings. The molecular formula is C26H19F2N3O4. The van der Waals surface area contributed by atoms with E-state index in [2.05, 4.69) is 10.3 Å². The molecule has 35 heavy (non-hydrogen) atoms. The van der Waals surface area contributed by atoms with Crippen molar-refractivity contribution >= 4 is 55.4 Å². The molecule has 0 aliphatic carbocycles. The normalized spacial score (nSPS) is 20.4. The second kappa shape index (κ2) is 7.10. The lowest BCUT2D eigenvalue weighted by atomic mass is 9.96. The molecule has 0 bridgehead atoms. The second-order valence-electron chi connectivity index (χ2n) is 9.18. The molecule has 5 aromatic rings. The average Bonchev–Trinajstić information content (AvgIpc) is 3.47. The fourth-order valence-corrected chi connectivity index (χ4v) is 5.82. The zero-order chi connectivity index (χ0) is 24.0. The van der Waals surface area contributed by atoms with E-state index in [4.69, 9.17) is 4.74 Å². The summed E-state index contributed by atoms with van der Waals surface area (Å²) in [5.74, 6) is -2.11. The number of aliphatic hydroxyl groups is 1. The summed E-state index contributed by atoms with van der Waals surface area (Å²) in [6.07, 6.45) is 1.32. The van der Waals surface area contributed by atoms with Crippen molar-refractivity contribution in [1.29, 1.82) is 0 Å². The smallest absolute Gasteiger partial charge is 0.259 e. The summed E-state index contributed by atoms with van der Waals surface area (Å²) in [4.78, 5) is 29.4. The molecule has 176 valence electrons. The van der Waals surface area contributed by atoms with Crippen molar-refractivity contribution in [1.82, 2.24) is 14.9 Å². The molecule has 7 nitrogen and oxygen atoms in total. The van der Waals surface area contributed by atoms with E-state index in [0.717, 1.165) is 6.42 Å². The summed E-state index contributed by atoms with van der Waals surface area (Å²) in [5.41, 5.74) is 2.64. The predicted octanol–water partition coefficient (Wildman–Crippen LogP) is 4.65. The van der Waals surface area contributed by atoms with Crippen molar-refractivity contribution in [2.24, 2.45) is 0 Å². The molecule has 0 radical (unpaired) electrons. The van der Waals surface area contributed by atoms with Crippen molar-refractivity contribution < 1.29 is 28.2 Å². The molecular weight excluding hydrogens is 456 g/mol. The van der Waals surface area contributed by atoms with E-state index in [1.807, 2.05) is 4.57 Å². The Labute approximate surface area is 196 Å². The molecule has 0 spiro atoms. The minimum atomic E-state index is -0.580. The zero-order valence-electron chi connectivity index (χ0n) is 18.3. The Kier molecular flexibility index (Phi) is 4.16. The molecule has 2 amide bonds. The topological polar surface area (TPSA) is 96.4 Å². The lowest BCUT2D eigenvalue weighted by Gasteiger charge is -2.31. The lowest BCUT2D eigenvalue weighted by Crippen LogP contribution is -2.28. The summed E-state index contributed by atoms with van der Waals surface area (Å²) in [6.45, 7) is -0.129. The highest BCUT2D eigenvalue weighted by atomic mass is 19.1. The first kappa shape index (κ1) is 20.5. The van der Waals surface area contributed by atoms with Crippen LogP contribution in [0, 0.1) is 11.6 Å². The number of halogens is 2. The van der Waals surface area contributed by atoms with Gasteiger partial charge in [-0.2, -0.15) is 0 Å². The Bertz CT molecular complexity index is 1750. The maximum atomic E-state index is 14.5. The number of carbonyl (C=O) groups is 2. The first-order chi connectivity index (χ1) is 17.0. The predicted molar refractivity (Wildman–Crippen MR) is 125 cm³/mol. The number of aromatic nitrogens is 2. The van der Waals surface area contributed by atoms with E-state index in [0.29, 0.717) is 56.5 Å². The monoisotopic (exact) mass is 475 g/mol. The van der Waals surface area contributed by atoms with Gasteiger partial charge in [0.05, 0.1) is 40.4 Å². The number of carbonyl (C=O) groups excluding carboxylic acids is 2. The van der Waals surface area contributed by atoms with Gasteiger partial charge in [0, 0.05) is 27.1 Å². The number of amides is 2. The highest BCUT2D eigenvalue weighted by Gasteiger charge is 2.37. The number of benzene rings is 3. The number of nitrogens with one attached hydrogen (secondary N) is 2. The van der Waals surface area contributed by atoms with Gasteiger partial charge in [-0.25, -0.2) is 8.78 Å². The quantitative estimate of drug-likeness (QED) is 0.324. The number of fused-ring (bicyclic) bond motifs is 10. The first-order valence-corrected chi connectivity index (χ1v) is 11.5. The van der Waals surface area contributed by atoms with Gasteiger partial charge in [0.1, 0.15) is 17.9 Å². The first-order valence-electron chi connectivity index (χ1n) is 11.5.